The van der Waals surface area contributed by atoms with Crippen molar-refractivity contribution in [3.63, 3.8) is 0 Å². The van der Waals surface area contributed by atoms with Gasteiger partial charge in [-0.25, -0.2) is 4.98 Å². The van der Waals surface area contributed by atoms with Crippen molar-refractivity contribution in [3.8, 4) is 6.07 Å². The monoisotopic (exact) mass is 317 g/mol. The van der Waals surface area contributed by atoms with Crippen molar-refractivity contribution in [2.75, 3.05) is 11.4 Å². The molecule has 0 radical (unpaired) electrons. The molecule has 4 unspecified atom stereocenters. The minimum atomic E-state index is -4.66. The van der Waals surface area contributed by atoms with Gasteiger partial charge < -0.3 is 10.0 Å². The van der Waals surface area contributed by atoms with Crippen LogP contribution in [0.1, 0.15) is 12.1 Å². The summed E-state index contributed by atoms with van der Waals surface area (Å²) in [4.78, 5) is 5.34. The summed E-state index contributed by atoms with van der Waals surface area (Å²) in [6.45, 7) is 0.437. The third-order valence-corrected chi connectivity index (χ3v) is 4.42. The van der Waals surface area contributed by atoms with Gasteiger partial charge in [0, 0.05) is 6.54 Å². The Kier molecular flexibility index (Phi) is 3.26. The zero-order chi connectivity index (χ0) is 15.4. The highest BCUT2D eigenvalue weighted by atomic mass is 35.5. The summed E-state index contributed by atoms with van der Waals surface area (Å²) >= 11 is 5.88. The summed E-state index contributed by atoms with van der Waals surface area (Å²) in [6.07, 6.45) is -5.04. The molecule has 8 heteroatoms. The second-order valence-electron chi connectivity index (χ2n) is 5.42. The molecule has 2 aliphatic rings. The summed E-state index contributed by atoms with van der Waals surface area (Å²) in [6, 6.07) is 2.21. The third kappa shape index (κ3) is 2.43. The van der Waals surface area contributed by atoms with Crippen molar-refractivity contribution in [1.82, 2.24) is 4.98 Å². The first-order chi connectivity index (χ1) is 9.82. The Morgan fingerprint density at radius 1 is 1.52 bits per heavy atom. The number of piperidine rings is 1. The van der Waals surface area contributed by atoms with Crippen molar-refractivity contribution in [3.05, 3.63) is 23.0 Å². The van der Waals surface area contributed by atoms with Gasteiger partial charge in [-0.15, -0.1) is 0 Å². The van der Waals surface area contributed by atoms with E-state index in [0.29, 0.717) is 18.7 Å². The van der Waals surface area contributed by atoms with E-state index in [1.165, 1.54) is 17.2 Å². The molecule has 1 aliphatic carbocycles. The van der Waals surface area contributed by atoms with Crippen LogP contribution >= 0.6 is 11.6 Å². The first kappa shape index (κ1) is 14.4. The molecule has 0 aromatic carbocycles. The Labute approximate surface area is 123 Å². The molecule has 4 atom stereocenters. The third-order valence-electron chi connectivity index (χ3n) is 4.13. The summed E-state index contributed by atoms with van der Waals surface area (Å²) < 4.78 is 38.5. The van der Waals surface area contributed by atoms with E-state index in [9.17, 15) is 18.3 Å². The molecule has 3 rings (SSSR count). The number of alkyl halides is 3. The number of pyridine rings is 1. The van der Waals surface area contributed by atoms with E-state index >= 15 is 0 Å². The first-order valence-corrected chi connectivity index (χ1v) is 6.77. The van der Waals surface area contributed by atoms with Gasteiger partial charge in [-0.3, -0.25) is 0 Å². The average molecular weight is 318 g/mol. The topological polar surface area (TPSA) is 60.2 Å². The number of hydrogen-bond acceptors (Lipinski definition) is 4. The van der Waals surface area contributed by atoms with Crippen molar-refractivity contribution in [2.45, 2.75) is 24.7 Å². The average Bonchev–Trinajstić information content (AvgIpc) is 3.08. The lowest BCUT2D eigenvalue weighted by molar-refractivity contribution is -0.210. The number of nitriles is 1. The number of anilines is 1. The Hall–Kier alpha value is -1.52. The second kappa shape index (κ2) is 4.75. The number of nitrogens with zero attached hydrogens (tertiary/aromatic N) is 3. The number of aliphatic hydroxyl groups excluding tert-OH is 1. The van der Waals surface area contributed by atoms with Crippen LogP contribution in [0.25, 0.3) is 0 Å². The highest BCUT2D eigenvalue weighted by Crippen LogP contribution is 2.53. The lowest BCUT2D eigenvalue weighted by Crippen LogP contribution is -2.49. The van der Waals surface area contributed by atoms with Gasteiger partial charge in [0.2, 0.25) is 0 Å². The normalized spacial score (nSPS) is 29.0. The maximum absolute atomic E-state index is 12.8. The second-order valence-corrected chi connectivity index (χ2v) is 5.83. The first-order valence-electron chi connectivity index (χ1n) is 6.40. The van der Waals surface area contributed by atoms with Crippen LogP contribution in [0.15, 0.2) is 12.3 Å². The predicted molar refractivity (Wildman–Crippen MR) is 68.8 cm³/mol. The van der Waals surface area contributed by atoms with Crippen LogP contribution in [0, 0.1) is 23.2 Å². The van der Waals surface area contributed by atoms with Crippen LogP contribution < -0.4 is 4.90 Å². The molecule has 1 aliphatic heterocycles. The van der Waals surface area contributed by atoms with Crippen LogP contribution in [-0.2, 0) is 0 Å². The summed E-state index contributed by atoms with van der Waals surface area (Å²) in [7, 11) is 0. The van der Waals surface area contributed by atoms with Crippen molar-refractivity contribution in [2.24, 2.45) is 11.8 Å². The quantitative estimate of drug-likeness (QED) is 0.909. The molecule has 1 N–H and O–H groups in total. The van der Waals surface area contributed by atoms with Crippen LogP contribution in [0.2, 0.25) is 5.02 Å². The fourth-order valence-corrected chi connectivity index (χ4v) is 3.25. The zero-order valence-corrected chi connectivity index (χ0v) is 11.4. The molecule has 4 nitrogen and oxygen atoms in total. The van der Waals surface area contributed by atoms with Crippen LogP contribution in [0.4, 0.5) is 18.9 Å². The fraction of sp³-hybridized carbons (Fsp3) is 0.538. The van der Waals surface area contributed by atoms with Gasteiger partial charge in [-0.05, 0) is 24.3 Å². The van der Waals surface area contributed by atoms with Gasteiger partial charge in [0.15, 0.2) is 11.8 Å². The van der Waals surface area contributed by atoms with Gasteiger partial charge in [-0.1, -0.05) is 11.6 Å². The Bertz CT molecular complexity index is 616. The minimum absolute atomic E-state index is 0.0256. The Balaban J connectivity index is 1.91. The molecule has 2 fully saturated rings. The standard InChI is InChI=1S/C13H11ClF3N3O/c14-9-2-7(4-19-10(9)3-18)20-5-6-1-8(6)11(20)12(21)13(15,16)17/h2,4,6,8,11-12,21H,1,5H2. The van der Waals surface area contributed by atoms with Crippen molar-refractivity contribution >= 4 is 17.3 Å². The van der Waals surface area contributed by atoms with Crippen LogP contribution in [0.5, 0.6) is 0 Å². The predicted octanol–water partition coefficient (Wildman–Crippen LogP) is 2.35. The number of rotatable bonds is 2. The van der Waals surface area contributed by atoms with E-state index in [4.69, 9.17) is 16.9 Å². The number of hydrogen-bond donors (Lipinski definition) is 1. The molecule has 1 saturated carbocycles. The molecule has 0 bridgehead atoms. The van der Waals surface area contributed by atoms with E-state index in [1.54, 1.807) is 6.07 Å². The van der Waals surface area contributed by atoms with Gasteiger partial charge in [0.05, 0.1) is 22.9 Å². The molecular formula is C13H11ClF3N3O. The summed E-state index contributed by atoms with van der Waals surface area (Å²) in [5, 5.41) is 18.5. The van der Waals surface area contributed by atoms with Crippen molar-refractivity contribution in [1.29, 1.82) is 5.26 Å². The molecule has 2 heterocycles. The van der Waals surface area contributed by atoms with Crippen LogP contribution in [0.3, 0.4) is 0 Å². The molecule has 0 amide bonds. The van der Waals surface area contributed by atoms with Crippen LogP contribution in [-0.4, -0.2) is 35.0 Å². The van der Waals surface area contributed by atoms with Gasteiger partial charge >= 0.3 is 6.18 Å². The molecule has 0 spiro atoms. The van der Waals surface area contributed by atoms with Crippen molar-refractivity contribution < 1.29 is 18.3 Å². The zero-order valence-electron chi connectivity index (χ0n) is 10.7. The molecule has 112 valence electrons. The number of halogens is 4. The molecule has 1 saturated heterocycles. The van der Waals surface area contributed by atoms with E-state index in [2.05, 4.69) is 4.98 Å². The highest BCUT2D eigenvalue weighted by Gasteiger charge is 2.60. The molecule has 1 aromatic heterocycles. The highest BCUT2D eigenvalue weighted by molar-refractivity contribution is 6.31. The minimum Gasteiger partial charge on any atom is -0.382 e. The number of aromatic nitrogens is 1. The van der Waals surface area contributed by atoms with Gasteiger partial charge in [-0.2, -0.15) is 18.4 Å². The molecule has 21 heavy (non-hydrogen) atoms. The smallest absolute Gasteiger partial charge is 0.382 e. The van der Waals surface area contributed by atoms with Gasteiger partial charge in [0.1, 0.15) is 6.07 Å². The largest absolute Gasteiger partial charge is 0.416 e. The fourth-order valence-electron chi connectivity index (χ4n) is 3.05. The number of aliphatic hydroxyl groups is 1. The Morgan fingerprint density at radius 3 is 2.81 bits per heavy atom. The van der Waals surface area contributed by atoms with E-state index in [-0.39, 0.29) is 22.6 Å². The SMILES string of the molecule is N#Cc1ncc(N2CC3CC3C2C(O)C(F)(F)F)cc1Cl. The van der Waals surface area contributed by atoms with E-state index in [1.807, 2.05) is 0 Å². The van der Waals surface area contributed by atoms with E-state index in [0.717, 1.165) is 0 Å². The number of fused-ring (bicyclic) bond motifs is 1. The summed E-state index contributed by atoms with van der Waals surface area (Å²) in [5.74, 6) is 0.0115. The van der Waals surface area contributed by atoms with Gasteiger partial charge in [0.25, 0.3) is 0 Å². The van der Waals surface area contributed by atoms with E-state index < -0.39 is 18.3 Å². The maximum Gasteiger partial charge on any atom is 0.416 e. The summed E-state index contributed by atoms with van der Waals surface area (Å²) in [5.41, 5.74) is 0.428. The molecule has 1 aromatic rings. The lowest BCUT2D eigenvalue weighted by Gasteiger charge is -2.33. The molecular weight excluding hydrogens is 307 g/mol. The lowest BCUT2D eigenvalue weighted by atomic mass is 10.1. The maximum atomic E-state index is 12.8. The Morgan fingerprint density at radius 2 is 2.24 bits per heavy atom.